The zero-order valence-electron chi connectivity index (χ0n) is 17.9. The molecule has 3 aromatic rings. The lowest BCUT2D eigenvalue weighted by Crippen LogP contribution is -2.30. The van der Waals surface area contributed by atoms with Gasteiger partial charge in [-0.25, -0.2) is 22.9 Å². The number of esters is 1. The van der Waals surface area contributed by atoms with Crippen molar-refractivity contribution in [3.63, 3.8) is 0 Å². The predicted molar refractivity (Wildman–Crippen MR) is 108 cm³/mol. The SMILES string of the molecule is COC(=O)c1cn([C@H]2CCN(C(=O)Cc3c(C)nn(-c4ccc(F)cc4F)c3C)C2)nn1. The van der Waals surface area contributed by atoms with Gasteiger partial charge in [-0.3, -0.25) is 4.79 Å². The van der Waals surface area contributed by atoms with Crippen LogP contribution in [0.2, 0.25) is 0 Å². The number of carbonyl (C=O) groups is 2. The number of aryl methyl sites for hydroxylation is 1. The van der Waals surface area contributed by atoms with E-state index in [1.54, 1.807) is 23.4 Å². The van der Waals surface area contributed by atoms with Gasteiger partial charge in [-0.2, -0.15) is 5.10 Å². The Balaban J connectivity index is 1.47. The number of benzene rings is 1. The summed E-state index contributed by atoms with van der Waals surface area (Å²) in [5, 5.41) is 12.1. The van der Waals surface area contributed by atoms with Crippen LogP contribution >= 0.6 is 0 Å². The van der Waals surface area contributed by atoms with E-state index in [1.165, 1.54) is 30.1 Å². The average molecular weight is 444 g/mol. The molecule has 0 spiro atoms. The fraction of sp³-hybridized carbons (Fsp3) is 0.381. The molecule has 0 unspecified atom stereocenters. The highest BCUT2D eigenvalue weighted by Crippen LogP contribution is 2.25. The summed E-state index contributed by atoms with van der Waals surface area (Å²) in [5.41, 5.74) is 2.17. The van der Waals surface area contributed by atoms with E-state index in [0.29, 0.717) is 36.5 Å². The van der Waals surface area contributed by atoms with E-state index in [0.717, 1.165) is 6.07 Å². The van der Waals surface area contributed by atoms with Gasteiger partial charge in [-0.1, -0.05) is 5.21 Å². The minimum atomic E-state index is -0.727. The molecule has 2 aromatic heterocycles. The summed E-state index contributed by atoms with van der Waals surface area (Å²) in [5.74, 6) is -2.05. The van der Waals surface area contributed by atoms with Crippen LogP contribution in [0.15, 0.2) is 24.4 Å². The molecular weight excluding hydrogens is 422 g/mol. The Morgan fingerprint density at radius 3 is 2.75 bits per heavy atom. The second kappa shape index (κ2) is 8.48. The topological polar surface area (TPSA) is 95.1 Å². The summed E-state index contributed by atoms with van der Waals surface area (Å²) in [6.45, 7) is 4.48. The van der Waals surface area contributed by atoms with Gasteiger partial charge in [-0.15, -0.1) is 5.10 Å². The van der Waals surface area contributed by atoms with Gasteiger partial charge in [0.15, 0.2) is 11.5 Å². The van der Waals surface area contributed by atoms with Gasteiger partial charge in [-0.05, 0) is 32.4 Å². The number of rotatable bonds is 5. The van der Waals surface area contributed by atoms with E-state index >= 15 is 0 Å². The maximum atomic E-state index is 14.2. The lowest BCUT2D eigenvalue weighted by atomic mass is 10.1. The smallest absolute Gasteiger partial charge is 0.360 e. The van der Waals surface area contributed by atoms with E-state index in [-0.39, 0.29) is 29.8 Å². The number of hydrogen-bond acceptors (Lipinski definition) is 6. The summed E-state index contributed by atoms with van der Waals surface area (Å²) in [4.78, 5) is 26.3. The normalized spacial score (nSPS) is 15.9. The molecule has 1 aliphatic heterocycles. The minimum absolute atomic E-state index is 0.0915. The van der Waals surface area contributed by atoms with Gasteiger partial charge in [0.1, 0.15) is 11.5 Å². The molecule has 0 bridgehead atoms. The van der Waals surface area contributed by atoms with Crippen LogP contribution < -0.4 is 0 Å². The van der Waals surface area contributed by atoms with Crippen molar-refractivity contribution in [2.75, 3.05) is 20.2 Å². The molecule has 0 radical (unpaired) electrons. The highest BCUT2D eigenvalue weighted by molar-refractivity contribution is 5.86. The van der Waals surface area contributed by atoms with Crippen molar-refractivity contribution < 1.29 is 23.1 Å². The summed E-state index contributed by atoms with van der Waals surface area (Å²) >= 11 is 0. The zero-order chi connectivity index (χ0) is 23.0. The fourth-order valence-corrected chi connectivity index (χ4v) is 3.92. The maximum absolute atomic E-state index is 14.2. The first-order valence-electron chi connectivity index (χ1n) is 10.1. The number of carbonyl (C=O) groups excluding carboxylic acids is 2. The zero-order valence-corrected chi connectivity index (χ0v) is 17.9. The lowest BCUT2D eigenvalue weighted by molar-refractivity contribution is -0.129. The second-order valence-electron chi connectivity index (χ2n) is 7.69. The molecule has 3 heterocycles. The van der Waals surface area contributed by atoms with E-state index in [9.17, 15) is 18.4 Å². The molecule has 1 fully saturated rings. The third kappa shape index (κ3) is 3.97. The van der Waals surface area contributed by atoms with Crippen LogP contribution in [0.5, 0.6) is 0 Å². The van der Waals surface area contributed by atoms with Crippen LogP contribution in [0, 0.1) is 25.5 Å². The number of methoxy groups -OCH3 is 1. The van der Waals surface area contributed by atoms with Crippen molar-refractivity contribution in [2.24, 2.45) is 0 Å². The lowest BCUT2D eigenvalue weighted by Gasteiger charge is -2.16. The average Bonchev–Trinajstić information content (AvgIpc) is 3.49. The summed E-state index contributed by atoms with van der Waals surface area (Å²) in [6.07, 6.45) is 2.30. The Bertz CT molecular complexity index is 1190. The van der Waals surface area contributed by atoms with Crippen LogP contribution in [0.4, 0.5) is 8.78 Å². The number of hydrogen-bond donors (Lipinski definition) is 0. The first kappa shape index (κ1) is 21.6. The van der Waals surface area contributed by atoms with Crippen LogP contribution in [0.25, 0.3) is 5.69 Å². The Hall–Kier alpha value is -3.63. The molecule has 1 amide bonds. The van der Waals surface area contributed by atoms with E-state index < -0.39 is 17.6 Å². The van der Waals surface area contributed by atoms with E-state index in [1.807, 2.05) is 0 Å². The van der Waals surface area contributed by atoms with Crippen molar-refractivity contribution in [2.45, 2.75) is 32.7 Å². The van der Waals surface area contributed by atoms with Crippen molar-refractivity contribution in [1.82, 2.24) is 29.7 Å². The summed E-state index contributed by atoms with van der Waals surface area (Å²) in [7, 11) is 1.27. The number of likely N-dealkylation sites (tertiary alicyclic amines) is 1. The van der Waals surface area contributed by atoms with Gasteiger partial charge >= 0.3 is 5.97 Å². The van der Waals surface area contributed by atoms with Crippen molar-refractivity contribution in [3.8, 4) is 5.69 Å². The third-order valence-corrected chi connectivity index (χ3v) is 5.70. The molecule has 0 aliphatic carbocycles. The number of halogens is 2. The van der Waals surface area contributed by atoms with Crippen molar-refractivity contribution in [1.29, 1.82) is 0 Å². The largest absolute Gasteiger partial charge is 0.464 e. The number of ether oxygens (including phenoxy) is 1. The molecular formula is C21H22F2N6O3. The van der Waals surface area contributed by atoms with Crippen LogP contribution in [-0.4, -0.2) is 61.8 Å². The van der Waals surface area contributed by atoms with Crippen LogP contribution in [0.3, 0.4) is 0 Å². The van der Waals surface area contributed by atoms with Crippen molar-refractivity contribution >= 4 is 11.9 Å². The van der Waals surface area contributed by atoms with Crippen LogP contribution in [-0.2, 0) is 16.0 Å². The number of aromatic nitrogens is 5. The quantitative estimate of drug-likeness (QED) is 0.560. The highest BCUT2D eigenvalue weighted by atomic mass is 19.1. The molecule has 1 aliphatic rings. The summed E-state index contributed by atoms with van der Waals surface area (Å²) in [6, 6.07) is 3.20. The molecule has 168 valence electrons. The van der Waals surface area contributed by atoms with Gasteiger partial charge in [0, 0.05) is 30.4 Å². The Kier molecular flexibility index (Phi) is 5.72. The molecule has 11 heteroatoms. The minimum Gasteiger partial charge on any atom is -0.464 e. The number of nitrogens with zero attached hydrogens (tertiary/aromatic N) is 6. The highest BCUT2D eigenvalue weighted by Gasteiger charge is 2.30. The van der Waals surface area contributed by atoms with Gasteiger partial charge < -0.3 is 9.64 Å². The standard InChI is InChI=1S/C21H22F2N6O3/c1-12-16(13(2)29(25-12)19-5-4-14(22)8-17(19)23)9-20(30)27-7-6-15(10-27)28-11-18(24-26-28)21(31)32-3/h4-5,8,11,15H,6-7,9-10H2,1-3H3/t15-/m0/s1. The fourth-order valence-electron chi connectivity index (χ4n) is 3.92. The Morgan fingerprint density at radius 2 is 2.03 bits per heavy atom. The first-order valence-corrected chi connectivity index (χ1v) is 10.1. The number of amides is 1. The third-order valence-electron chi connectivity index (χ3n) is 5.70. The molecule has 1 saturated heterocycles. The van der Waals surface area contributed by atoms with Gasteiger partial charge in [0.2, 0.25) is 5.91 Å². The van der Waals surface area contributed by atoms with Gasteiger partial charge in [0.05, 0.1) is 31.5 Å². The predicted octanol–water partition coefficient (Wildman–Crippen LogP) is 2.16. The molecule has 0 saturated carbocycles. The Labute approximate surface area is 182 Å². The van der Waals surface area contributed by atoms with E-state index in [4.69, 9.17) is 0 Å². The molecule has 32 heavy (non-hydrogen) atoms. The van der Waals surface area contributed by atoms with Crippen molar-refractivity contribution in [3.05, 3.63) is 58.7 Å². The molecule has 9 nitrogen and oxygen atoms in total. The van der Waals surface area contributed by atoms with Crippen LogP contribution in [0.1, 0.15) is 39.9 Å². The first-order chi connectivity index (χ1) is 15.3. The summed E-state index contributed by atoms with van der Waals surface area (Å²) < 4.78 is 35.1. The molecule has 4 rings (SSSR count). The monoisotopic (exact) mass is 444 g/mol. The molecule has 1 atom stereocenters. The van der Waals surface area contributed by atoms with E-state index in [2.05, 4.69) is 20.1 Å². The van der Waals surface area contributed by atoms with Gasteiger partial charge in [0.25, 0.3) is 0 Å². The molecule has 1 aromatic carbocycles. The maximum Gasteiger partial charge on any atom is 0.360 e. The molecule has 0 N–H and O–H groups in total. The Morgan fingerprint density at radius 1 is 1.25 bits per heavy atom. The second-order valence-corrected chi connectivity index (χ2v) is 7.69.